The summed E-state index contributed by atoms with van der Waals surface area (Å²) in [5.41, 5.74) is 2.12. The molecule has 1 amide bonds. The third kappa shape index (κ3) is 3.02. The van der Waals surface area contributed by atoms with E-state index in [0.717, 1.165) is 30.5 Å². The Kier molecular flexibility index (Phi) is 4.38. The van der Waals surface area contributed by atoms with Crippen molar-refractivity contribution >= 4 is 5.91 Å². The third-order valence-electron chi connectivity index (χ3n) is 6.82. The first-order valence-corrected chi connectivity index (χ1v) is 10.9. The van der Waals surface area contributed by atoms with E-state index < -0.39 is 0 Å². The van der Waals surface area contributed by atoms with Crippen LogP contribution in [0.25, 0.3) is 17.1 Å². The van der Waals surface area contributed by atoms with Gasteiger partial charge in [0.2, 0.25) is 11.7 Å². The molecule has 4 aromatic rings. The summed E-state index contributed by atoms with van der Waals surface area (Å²) in [5, 5.41) is 8.41. The number of hydrogen-bond donors (Lipinski definition) is 0. The minimum atomic E-state index is -0.265. The number of carbonyl (C=O) groups excluding carboxylic acids is 1. The Balaban J connectivity index is 1.28. The Morgan fingerprint density at radius 3 is 2.88 bits per heavy atom. The van der Waals surface area contributed by atoms with E-state index in [1.807, 2.05) is 59.5 Å². The number of hydrogen-bond acceptors (Lipinski definition) is 6. The van der Waals surface area contributed by atoms with Gasteiger partial charge in [-0.25, -0.2) is 9.67 Å². The highest BCUT2D eigenvalue weighted by Crippen LogP contribution is 2.50. The average Bonchev–Trinajstić information content (AvgIpc) is 3.62. The van der Waals surface area contributed by atoms with Crippen LogP contribution in [0.1, 0.15) is 35.5 Å². The van der Waals surface area contributed by atoms with Crippen molar-refractivity contribution in [2.45, 2.75) is 24.7 Å². The van der Waals surface area contributed by atoms with Crippen LogP contribution in [0.4, 0.5) is 0 Å². The smallest absolute Gasteiger partial charge is 0.253 e. The van der Waals surface area contributed by atoms with Gasteiger partial charge in [0.1, 0.15) is 12.7 Å². The van der Waals surface area contributed by atoms with Crippen molar-refractivity contribution in [3.05, 3.63) is 78.7 Å². The fourth-order valence-corrected chi connectivity index (χ4v) is 5.23. The lowest BCUT2D eigenvalue weighted by molar-refractivity contribution is 0.0775. The molecule has 1 aliphatic heterocycles. The van der Waals surface area contributed by atoms with Gasteiger partial charge >= 0.3 is 0 Å². The maximum atomic E-state index is 13.4. The van der Waals surface area contributed by atoms with Crippen LogP contribution in [0.3, 0.4) is 0 Å². The molecule has 160 valence electrons. The number of amides is 1. The number of fused-ring (bicyclic) bond motifs is 1. The molecule has 32 heavy (non-hydrogen) atoms. The van der Waals surface area contributed by atoms with E-state index in [4.69, 9.17) is 9.51 Å². The van der Waals surface area contributed by atoms with Gasteiger partial charge in [0.25, 0.3) is 5.91 Å². The van der Waals surface area contributed by atoms with Crippen LogP contribution in [0.15, 0.2) is 71.8 Å². The molecule has 8 nitrogen and oxygen atoms in total. The molecule has 1 saturated heterocycles. The van der Waals surface area contributed by atoms with Gasteiger partial charge in [-0.2, -0.15) is 10.1 Å². The highest BCUT2D eigenvalue weighted by Gasteiger charge is 2.55. The molecular formula is C24H22N6O2. The zero-order valence-corrected chi connectivity index (χ0v) is 17.5. The molecule has 0 unspecified atom stereocenters. The number of carbonyl (C=O) groups is 1. The lowest BCUT2D eigenvalue weighted by atomic mass is 9.80. The monoisotopic (exact) mass is 426 g/mol. The lowest BCUT2D eigenvalue weighted by Gasteiger charge is -2.24. The van der Waals surface area contributed by atoms with E-state index in [1.54, 1.807) is 11.0 Å². The molecule has 0 bridgehead atoms. The summed E-state index contributed by atoms with van der Waals surface area (Å²) in [7, 11) is 0. The van der Waals surface area contributed by atoms with E-state index in [1.165, 1.54) is 6.33 Å². The van der Waals surface area contributed by atoms with Crippen LogP contribution in [-0.4, -0.2) is 48.8 Å². The minimum Gasteiger partial charge on any atom is -0.338 e. The molecule has 2 fully saturated rings. The molecule has 2 atom stereocenters. The maximum Gasteiger partial charge on any atom is 0.253 e. The van der Waals surface area contributed by atoms with Crippen LogP contribution >= 0.6 is 0 Å². The molecule has 1 saturated carbocycles. The normalized spacial score (nSPS) is 22.2. The summed E-state index contributed by atoms with van der Waals surface area (Å²) in [4.78, 5) is 24.1. The second kappa shape index (κ2) is 7.40. The van der Waals surface area contributed by atoms with Crippen molar-refractivity contribution in [1.29, 1.82) is 0 Å². The summed E-state index contributed by atoms with van der Waals surface area (Å²) in [6, 6.07) is 17.3. The lowest BCUT2D eigenvalue weighted by Crippen LogP contribution is -2.35. The first-order valence-electron chi connectivity index (χ1n) is 10.9. The summed E-state index contributed by atoms with van der Waals surface area (Å²) in [6.45, 7) is 1.30. The Labute approximate surface area is 184 Å². The molecule has 0 N–H and O–H groups in total. The van der Waals surface area contributed by atoms with E-state index in [-0.39, 0.29) is 11.3 Å². The minimum absolute atomic E-state index is 0.0172. The quantitative estimate of drug-likeness (QED) is 0.496. The SMILES string of the molecule is O=C(c1cccc(-n2cncn2)c1)N1C[C@H]2CCC[C@@]2(c2nc(-c3ccccc3)no2)C1. The van der Waals surface area contributed by atoms with E-state index in [9.17, 15) is 4.79 Å². The van der Waals surface area contributed by atoms with Crippen molar-refractivity contribution in [3.8, 4) is 17.1 Å². The highest BCUT2D eigenvalue weighted by molar-refractivity contribution is 5.95. The van der Waals surface area contributed by atoms with Crippen LogP contribution in [-0.2, 0) is 5.41 Å². The Morgan fingerprint density at radius 2 is 2.03 bits per heavy atom. The average molecular weight is 426 g/mol. The molecule has 2 aromatic heterocycles. The predicted molar refractivity (Wildman–Crippen MR) is 116 cm³/mol. The van der Waals surface area contributed by atoms with Gasteiger partial charge in [-0.05, 0) is 37.0 Å². The Hall–Kier alpha value is -3.81. The fraction of sp³-hybridized carbons (Fsp3) is 0.292. The zero-order chi connectivity index (χ0) is 21.5. The number of nitrogens with zero attached hydrogens (tertiary/aromatic N) is 6. The van der Waals surface area contributed by atoms with Gasteiger partial charge in [0.15, 0.2) is 0 Å². The predicted octanol–water partition coefficient (Wildman–Crippen LogP) is 3.51. The van der Waals surface area contributed by atoms with Gasteiger partial charge in [-0.15, -0.1) is 0 Å². The molecule has 8 heteroatoms. The van der Waals surface area contributed by atoms with Gasteiger partial charge in [-0.3, -0.25) is 4.79 Å². The summed E-state index contributed by atoms with van der Waals surface area (Å²) in [5.74, 6) is 1.61. The molecule has 0 radical (unpaired) electrons. The summed E-state index contributed by atoms with van der Waals surface area (Å²) < 4.78 is 7.45. The third-order valence-corrected chi connectivity index (χ3v) is 6.82. The second-order valence-corrected chi connectivity index (χ2v) is 8.61. The van der Waals surface area contributed by atoms with Crippen LogP contribution < -0.4 is 0 Å². The molecule has 1 aliphatic carbocycles. The van der Waals surface area contributed by atoms with Crippen molar-refractivity contribution in [1.82, 2.24) is 29.8 Å². The number of benzene rings is 2. The molecule has 2 aromatic carbocycles. The van der Waals surface area contributed by atoms with Crippen molar-refractivity contribution in [3.63, 3.8) is 0 Å². The van der Waals surface area contributed by atoms with E-state index in [2.05, 4.69) is 15.2 Å². The Bertz CT molecular complexity index is 1250. The van der Waals surface area contributed by atoms with Gasteiger partial charge in [0, 0.05) is 24.2 Å². The van der Waals surface area contributed by atoms with Crippen molar-refractivity contribution in [2.24, 2.45) is 5.92 Å². The van der Waals surface area contributed by atoms with Gasteiger partial charge in [-0.1, -0.05) is 48.0 Å². The number of aromatic nitrogens is 5. The largest absolute Gasteiger partial charge is 0.338 e. The van der Waals surface area contributed by atoms with E-state index in [0.29, 0.717) is 36.3 Å². The standard InChI is InChI=1S/C24H22N6O2/c31-22(18-8-4-10-20(12-18)30-16-25-15-26-30)29-13-19-9-5-11-24(19,14-29)23-27-21(28-32-23)17-6-2-1-3-7-17/h1-4,6-8,10,12,15-16,19H,5,9,11,13-14H2/t19-,24-/m1/s1. The molecule has 2 aliphatic rings. The molecule has 0 spiro atoms. The molecular weight excluding hydrogens is 404 g/mol. The number of likely N-dealkylation sites (tertiary alicyclic amines) is 1. The van der Waals surface area contributed by atoms with Crippen molar-refractivity contribution < 1.29 is 9.32 Å². The summed E-state index contributed by atoms with van der Waals surface area (Å²) >= 11 is 0. The van der Waals surface area contributed by atoms with Crippen LogP contribution in [0.5, 0.6) is 0 Å². The van der Waals surface area contributed by atoms with Crippen LogP contribution in [0.2, 0.25) is 0 Å². The van der Waals surface area contributed by atoms with Gasteiger partial charge < -0.3 is 9.42 Å². The first kappa shape index (κ1) is 18.9. The zero-order valence-electron chi connectivity index (χ0n) is 17.5. The number of rotatable bonds is 4. The molecule has 6 rings (SSSR count). The highest BCUT2D eigenvalue weighted by atomic mass is 16.5. The first-order chi connectivity index (χ1) is 15.7. The fourth-order valence-electron chi connectivity index (χ4n) is 5.23. The Morgan fingerprint density at radius 1 is 1.12 bits per heavy atom. The summed E-state index contributed by atoms with van der Waals surface area (Å²) in [6.07, 6.45) is 6.23. The van der Waals surface area contributed by atoms with Gasteiger partial charge in [0.05, 0.1) is 11.1 Å². The topological polar surface area (TPSA) is 89.9 Å². The maximum absolute atomic E-state index is 13.4. The molecule has 3 heterocycles. The van der Waals surface area contributed by atoms with Crippen LogP contribution in [0, 0.1) is 5.92 Å². The van der Waals surface area contributed by atoms with E-state index >= 15 is 0 Å². The van der Waals surface area contributed by atoms with Crippen molar-refractivity contribution in [2.75, 3.05) is 13.1 Å². The second-order valence-electron chi connectivity index (χ2n) is 8.61.